The molecule has 128 valence electrons. The first-order chi connectivity index (χ1) is 12.5. The van der Waals surface area contributed by atoms with Crippen molar-refractivity contribution in [1.82, 2.24) is 8.75 Å². The number of benzene rings is 1. The highest BCUT2D eigenvalue weighted by Gasteiger charge is 2.39. The molecule has 1 aliphatic heterocycles. The molecule has 1 aromatic carbocycles. The number of nitrogens with zero attached hydrogens (tertiary/aromatic N) is 2. The van der Waals surface area contributed by atoms with Crippen LogP contribution in [0.2, 0.25) is 0 Å². The van der Waals surface area contributed by atoms with Crippen LogP contribution in [0.1, 0.15) is 20.7 Å². The van der Waals surface area contributed by atoms with Gasteiger partial charge in [-0.15, -0.1) is 22.7 Å². The van der Waals surface area contributed by atoms with E-state index in [1.807, 2.05) is 24.3 Å². The van der Waals surface area contributed by atoms with Crippen molar-refractivity contribution in [2.24, 2.45) is 0 Å². The van der Waals surface area contributed by atoms with Gasteiger partial charge >= 0.3 is 11.9 Å². The highest BCUT2D eigenvalue weighted by molar-refractivity contribution is 9.11. The van der Waals surface area contributed by atoms with Gasteiger partial charge in [-0.2, -0.15) is 8.75 Å². The highest BCUT2D eigenvalue weighted by atomic mass is 79.9. The lowest BCUT2D eigenvalue weighted by Crippen LogP contribution is -2.00. The second kappa shape index (κ2) is 6.03. The number of hydrogen-bond donors (Lipinski definition) is 0. The molecule has 4 aromatic rings. The lowest BCUT2D eigenvalue weighted by atomic mass is 9.93. The molecule has 0 N–H and O–H groups in total. The predicted molar refractivity (Wildman–Crippen MR) is 109 cm³/mol. The first-order valence-corrected chi connectivity index (χ1v) is 11.1. The third kappa shape index (κ3) is 2.36. The Labute approximate surface area is 175 Å². The Morgan fingerprint density at radius 2 is 1.19 bits per heavy atom. The van der Waals surface area contributed by atoms with E-state index in [1.165, 1.54) is 22.7 Å². The Morgan fingerprint density at radius 1 is 0.731 bits per heavy atom. The molecule has 0 radical (unpaired) electrons. The van der Waals surface area contributed by atoms with Gasteiger partial charge in [-0.3, -0.25) is 0 Å². The predicted octanol–water partition coefficient (Wildman–Crippen LogP) is 5.98. The summed E-state index contributed by atoms with van der Waals surface area (Å²) in [7, 11) is 0. The fourth-order valence-electron chi connectivity index (χ4n) is 2.98. The van der Waals surface area contributed by atoms with Crippen LogP contribution in [0.25, 0.3) is 31.9 Å². The molecule has 5 rings (SSSR count). The summed E-state index contributed by atoms with van der Waals surface area (Å²) >= 11 is 10.9. The first-order valence-electron chi connectivity index (χ1n) is 7.14. The van der Waals surface area contributed by atoms with E-state index in [-0.39, 0.29) is 11.1 Å². The van der Waals surface area contributed by atoms with Gasteiger partial charge in [-0.1, -0.05) is 0 Å². The van der Waals surface area contributed by atoms with E-state index in [4.69, 9.17) is 4.74 Å². The van der Waals surface area contributed by atoms with E-state index in [1.54, 1.807) is 0 Å². The van der Waals surface area contributed by atoms with Crippen LogP contribution in [0.4, 0.5) is 0 Å². The lowest BCUT2D eigenvalue weighted by Gasteiger charge is -2.09. The number of carbonyl (C=O) groups excluding carboxylic acids is 2. The molecule has 0 saturated heterocycles. The Kier molecular flexibility index (Phi) is 3.87. The summed E-state index contributed by atoms with van der Waals surface area (Å²) in [5.74, 6) is -1.28. The van der Waals surface area contributed by atoms with Gasteiger partial charge in [0, 0.05) is 20.9 Å². The molecule has 0 fully saturated rings. The summed E-state index contributed by atoms with van der Waals surface area (Å²) in [5, 5.41) is 0. The van der Waals surface area contributed by atoms with Crippen LogP contribution in [0.5, 0.6) is 0 Å². The molecule has 4 heterocycles. The van der Waals surface area contributed by atoms with Crippen LogP contribution >= 0.6 is 66.3 Å². The van der Waals surface area contributed by atoms with Crippen molar-refractivity contribution in [2.75, 3.05) is 0 Å². The zero-order valence-electron chi connectivity index (χ0n) is 12.4. The Morgan fingerprint density at radius 3 is 1.58 bits per heavy atom. The SMILES string of the molecule is O=C1OC(=O)c2c1c(-c1ccc(Br)s1)c1nsnc1c2-c1ccc(Br)s1. The summed E-state index contributed by atoms with van der Waals surface area (Å²) < 4.78 is 15.7. The average molecular weight is 528 g/mol. The van der Waals surface area contributed by atoms with Crippen molar-refractivity contribution >= 4 is 89.2 Å². The summed E-state index contributed by atoms with van der Waals surface area (Å²) in [4.78, 5) is 26.7. The number of esters is 2. The normalized spacial score (nSPS) is 13.5. The topological polar surface area (TPSA) is 69.2 Å². The minimum absolute atomic E-state index is 0.268. The second-order valence-electron chi connectivity index (χ2n) is 5.35. The highest BCUT2D eigenvalue weighted by Crippen LogP contribution is 2.47. The van der Waals surface area contributed by atoms with E-state index in [2.05, 4.69) is 40.6 Å². The summed E-state index contributed by atoms with van der Waals surface area (Å²) in [6.45, 7) is 0. The first kappa shape index (κ1) is 16.7. The maximum atomic E-state index is 12.5. The summed E-state index contributed by atoms with van der Waals surface area (Å²) in [6, 6.07) is 7.57. The number of aromatic nitrogens is 2. The molecule has 0 unspecified atom stereocenters. The monoisotopic (exact) mass is 526 g/mol. The minimum Gasteiger partial charge on any atom is -0.386 e. The molecule has 0 saturated carbocycles. The molecule has 0 bridgehead atoms. The lowest BCUT2D eigenvalue weighted by molar-refractivity contribution is 0.0444. The molecular weight excluding hydrogens is 524 g/mol. The van der Waals surface area contributed by atoms with E-state index < -0.39 is 11.9 Å². The molecule has 3 aromatic heterocycles. The number of ether oxygens (including phenoxy) is 1. The fourth-order valence-corrected chi connectivity index (χ4v) is 6.41. The molecule has 10 heteroatoms. The Bertz CT molecular complexity index is 1150. The maximum absolute atomic E-state index is 12.5. The van der Waals surface area contributed by atoms with Gasteiger partial charge in [0.25, 0.3) is 0 Å². The van der Waals surface area contributed by atoms with Crippen LogP contribution in [-0.4, -0.2) is 20.7 Å². The number of hydrogen-bond acceptors (Lipinski definition) is 8. The van der Waals surface area contributed by atoms with Crippen LogP contribution in [0.15, 0.2) is 31.8 Å². The maximum Gasteiger partial charge on any atom is 0.347 e. The van der Waals surface area contributed by atoms with Gasteiger partial charge in [0.1, 0.15) is 11.0 Å². The van der Waals surface area contributed by atoms with Gasteiger partial charge < -0.3 is 4.74 Å². The number of halogens is 2. The van der Waals surface area contributed by atoms with Crippen molar-refractivity contribution in [2.45, 2.75) is 0 Å². The van der Waals surface area contributed by atoms with Crippen LogP contribution in [0.3, 0.4) is 0 Å². The van der Waals surface area contributed by atoms with Crippen LogP contribution < -0.4 is 0 Å². The van der Waals surface area contributed by atoms with Crippen molar-refractivity contribution in [3.05, 3.63) is 43.0 Å². The number of fused-ring (bicyclic) bond motifs is 2. The van der Waals surface area contributed by atoms with Crippen molar-refractivity contribution < 1.29 is 14.3 Å². The zero-order valence-corrected chi connectivity index (χ0v) is 18.0. The van der Waals surface area contributed by atoms with Gasteiger partial charge in [0.2, 0.25) is 0 Å². The van der Waals surface area contributed by atoms with Crippen molar-refractivity contribution in [3.63, 3.8) is 0 Å². The van der Waals surface area contributed by atoms with E-state index in [0.717, 1.165) is 29.1 Å². The zero-order chi connectivity index (χ0) is 18.0. The van der Waals surface area contributed by atoms with E-state index >= 15 is 0 Å². The van der Waals surface area contributed by atoms with Crippen molar-refractivity contribution in [1.29, 1.82) is 0 Å². The Balaban J connectivity index is 1.98. The average Bonchev–Trinajstić information content (AvgIpc) is 3.36. The summed E-state index contributed by atoms with van der Waals surface area (Å²) in [6.07, 6.45) is 0. The molecule has 5 nitrogen and oxygen atoms in total. The van der Waals surface area contributed by atoms with E-state index in [0.29, 0.717) is 22.2 Å². The number of carbonyl (C=O) groups is 2. The molecule has 0 atom stereocenters. The number of thiophene rings is 2. The second-order valence-corrected chi connectivity index (χ2v) is 10.8. The number of cyclic esters (lactones) is 2. The molecular formula is C16H4Br2N2O3S3. The third-order valence-corrected chi connectivity index (χ3v) is 7.76. The van der Waals surface area contributed by atoms with Gasteiger partial charge in [0.05, 0.1) is 30.4 Å². The minimum atomic E-state index is -0.642. The third-order valence-electron chi connectivity index (χ3n) is 3.94. The van der Waals surface area contributed by atoms with Crippen molar-refractivity contribution in [3.8, 4) is 20.9 Å². The number of rotatable bonds is 2. The molecule has 1 aliphatic rings. The van der Waals surface area contributed by atoms with Crippen LogP contribution in [-0.2, 0) is 4.74 Å². The summed E-state index contributed by atoms with van der Waals surface area (Å²) in [5.41, 5.74) is 2.96. The Hall–Kier alpha value is -1.46. The van der Waals surface area contributed by atoms with E-state index in [9.17, 15) is 9.59 Å². The molecule has 0 aliphatic carbocycles. The fraction of sp³-hybridized carbons (Fsp3) is 0. The van der Waals surface area contributed by atoms with Gasteiger partial charge in [0.15, 0.2) is 0 Å². The molecule has 26 heavy (non-hydrogen) atoms. The quantitative estimate of drug-likeness (QED) is 0.237. The van der Waals surface area contributed by atoms with Gasteiger partial charge in [-0.05, 0) is 56.1 Å². The standard InChI is InChI=1S/C16H4Br2N2O3S3/c17-7-3-1-5(24-7)9-11-12(16(22)23-15(11)21)10(6-2-4-8(18)25-6)14-13(9)19-26-20-14/h1-4H. The van der Waals surface area contributed by atoms with Crippen LogP contribution in [0, 0.1) is 0 Å². The molecule has 0 amide bonds. The molecule has 0 spiro atoms. The smallest absolute Gasteiger partial charge is 0.347 e. The largest absolute Gasteiger partial charge is 0.386 e. The van der Waals surface area contributed by atoms with Gasteiger partial charge in [-0.25, -0.2) is 9.59 Å².